The average molecular weight is 422 g/mol. The molecule has 0 spiro atoms. The zero-order chi connectivity index (χ0) is 21.6. The first-order chi connectivity index (χ1) is 13.6. The number of hydrogen-bond acceptors (Lipinski definition) is 6. The van der Waals surface area contributed by atoms with Crippen molar-refractivity contribution in [2.75, 3.05) is 27.8 Å². The van der Waals surface area contributed by atoms with Crippen LogP contribution in [0.15, 0.2) is 47.4 Å². The lowest BCUT2D eigenvalue weighted by Crippen LogP contribution is -2.36. The van der Waals surface area contributed by atoms with E-state index in [9.17, 15) is 13.2 Å². The minimum absolute atomic E-state index is 0.0365. The fourth-order valence-electron chi connectivity index (χ4n) is 2.91. The maximum Gasteiger partial charge on any atom is 0.238 e. The molecule has 0 fully saturated rings. The summed E-state index contributed by atoms with van der Waals surface area (Å²) in [5.74, 6) is 1.15. The summed E-state index contributed by atoms with van der Waals surface area (Å²) in [6.07, 6.45) is 0. The van der Waals surface area contributed by atoms with Gasteiger partial charge < -0.3 is 14.8 Å². The Bertz CT molecular complexity index is 945. The maximum absolute atomic E-state index is 12.4. The number of rotatable bonds is 9. The van der Waals surface area contributed by atoms with E-state index < -0.39 is 10.0 Å². The lowest BCUT2D eigenvalue weighted by atomic mass is 10.1. The van der Waals surface area contributed by atoms with Crippen LogP contribution >= 0.6 is 0 Å². The molecule has 8 nitrogen and oxygen atoms in total. The Labute approximate surface area is 171 Å². The number of benzene rings is 2. The van der Waals surface area contributed by atoms with Crippen molar-refractivity contribution in [1.29, 1.82) is 0 Å². The average Bonchev–Trinajstić information content (AvgIpc) is 2.66. The Balaban J connectivity index is 1.92. The van der Waals surface area contributed by atoms with Gasteiger partial charge in [0.1, 0.15) is 0 Å². The zero-order valence-electron chi connectivity index (χ0n) is 17.0. The van der Waals surface area contributed by atoms with Gasteiger partial charge in [-0.3, -0.25) is 9.69 Å². The third-order valence-corrected chi connectivity index (χ3v) is 5.33. The second kappa shape index (κ2) is 9.73. The van der Waals surface area contributed by atoms with Gasteiger partial charge in [-0.05, 0) is 49.4 Å². The minimum Gasteiger partial charge on any atom is -0.493 e. The molecule has 9 heteroatoms. The Morgan fingerprint density at radius 3 is 2.28 bits per heavy atom. The molecule has 0 aliphatic rings. The van der Waals surface area contributed by atoms with Crippen LogP contribution in [0.5, 0.6) is 11.5 Å². The van der Waals surface area contributed by atoms with Gasteiger partial charge in [0.25, 0.3) is 0 Å². The number of primary sulfonamides is 1. The van der Waals surface area contributed by atoms with Crippen LogP contribution in [0, 0.1) is 0 Å². The molecule has 2 rings (SSSR count). The van der Waals surface area contributed by atoms with Crippen molar-refractivity contribution in [2.45, 2.75) is 24.4 Å². The van der Waals surface area contributed by atoms with Crippen molar-refractivity contribution in [2.24, 2.45) is 5.14 Å². The van der Waals surface area contributed by atoms with Gasteiger partial charge >= 0.3 is 0 Å². The predicted octanol–water partition coefficient (Wildman–Crippen LogP) is 1.66. The maximum atomic E-state index is 12.4. The topological polar surface area (TPSA) is 111 Å². The molecule has 1 amide bonds. The van der Waals surface area contributed by atoms with E-state index in [1.54, 1.807) is 26.4 Å². The fraction of sp³-hybridized carbons (Fsp3) is 0.350. The Morgan fingerprint density at radius 1 is 1.10 bits per heavy atom. The van der Waals surface area contributed by atoms with Crippen molar-refractivity contribution >= 4 is 15.9 Å². The van der Waals surface area contributed by atoms with Crippen LogP contribution in [-0.4, -0.2) is 47.0 Å². The summed E-state index contributed by atoms with van der Waals surface area (Å²) < 4.78 is 33.2. The SMILES string of the molecule is COc1ccc(CN(C)CC(=O)N[C@H](C)c2ccc(S(N)(=O)=O)cc2)cc1OC. The summed E-state index contributed by atoms with van der Waals surface area (Å²) in [6, 6.07) is 11.5. The monoisotopic (exact) mass is 421 g/mol. The van der Waals surface area contributed by atoms with Crippen LogP contribution in [0.3, 0.4) is 0 Å². The first kappa shape index (κ1) is 22.7. The van der Waals surface area contributed by atoms with Gasteiger partial charge in [0.05, 0.1) is 31.7 Å². The molecule has 0 aliphatic heterocycles. The van der Waals surface area contributed by atoms with Gasteiger partial charge in [-0.2, -0.15) is 0 Å². The standard InChI is InChI=1S/C20H27N3O5S/c1-14(16-6-8-17(9-7-16)29(21,25)26)22-20(24)13-23(2)12-15-5-10-18(27-3)19(11-15)28-4/h5-11,14H,12-13H2,1-4H3,(H,22,24)(H2,21,25,26)/t14-/m1/s1. The summed E-state index contributed by atoms with van der Waals surface area (Å²) in [6.45, 7) is 2.59. The summed E-state index contributed by atoms with van der Waals surface area (Å²) in [5.41, 5.74) is 1.78. The van der Waals surface area contributed by atoms with E-state index in [-0.39, 0.29) is 23.4 Å². The highest BCUT2D eigenvalue weighted by Gasteiger charge is 2.14. The van der Waals surface area contributed by atoms with E-state index in [2.05, 4.69) is 5.32 Å². The molecule has 0 aromatic heterocycles. The van der Waals surface area contributed by atoms with Crippen LogP contribution in [0.25, 0.3) is 0 Å². The van der Waals surface area contributed by atoms with Gasteiger partial charge in [-0.1, -0.05) is 18.2 Å². The molecule has 0 unspecified atom stereocenters. The second-order valence-electron chi connectivity index (χ2n) is 6.76. The molecule has 0 heterocycles. The van der Waals surface area contributed by atoms with Gasteiger partial charge in [-0.25, -0.2) is 13.6 Å². The summed E-state index contributed by atoms with van der Waals surface area (Å²) in [7, 11) is 1.27. The zero-order valence-corrected chi connectivity index (χ0v) is 17.8. The lowest BCUT2D eigenvalue weighted by molar-refractivity contribution is -0.122. The van der Waals surface area contributed by atoms with Crippen LogP contribution in [0.1, 0.15) is 24.1 Å². The predicted molar refractivity (Wildman–Crippen MR) is 110 cm³/mol. The number of nitrogens with one attached hydrogen (secondary N) is 1. The Morgan fingerprint density at radius 2 is 1.72 bits per heavy atom. The lowest BCUT2D eigenvalue weighted by Gasteiger charge is -2.20. The van der Waals surface area contributed by atoms with Crippen molar-refractivity contribution in [1.82, 2.24) is 10.2 Å². The molecule has 158 valence electrons. The molecule has 3 N–H and O–H groups in total. The van der Waals surface area contributed by atoms with E-state index >= 15 is 0 Å². The molecular weight excluding hydrogens is 394 g/mol. The van der Waals surface area contributed by atoms with Gasteiger partial charge in [0, 0.05) is 6.54 Å². The molecule has 1 atom stereocenters. The van der Waals surface area contributed by atoms with Crippen LogP contribution in [-0.2, 0) is 21.4 Å². The normalized spacial score (nSPS) is 12.5. The molecule has 29 heavy (non-hydrogen) atoms. The largest absolute Gasteiger partial charge is 0.493 e. The number of ether oxygens (including phenoxy) is 2. The smallest absolute Gasteiger partial charge is 0.238 e. The number of hydrogen-bond donors (Lipinski definition) is 2. The molecular formula is C20H27N3O5S. The van der Waals surface area contributed by atoms with E-state index in [0.717, 1.165) is 11.1 Å². The minimum atomic E-state index is -3.73. The number of sulfonamides is 1. The summed E-state index contributed by atoms with van der Waals surface area (Å²) >= 11 is 0. The third kappa shape index (κ3) is 6.45. The summed E-state index contributed by atoms with van der Waals surface area (Å²) in [4.78, 5) is 14.3. The van der Waals surface area contributed by atoms with E-state index in [4.69, 9.17) is 14.6 Å². The number of nitrogens with zero attached hydrogens (tertiary/aromatic N) is 1. The number of methoxy groups -OCH3 is 2. The molecule has 0 radical (unpaired) electrons. The number of likely N-dealkylation sites (N-methyl/N-ethyl adjacent to an activating group) is 1. The van der Waals surface area contributed by atoms with Gasteiger partial charge in [0.15, 0.2) is 11.5 Å². The quantitative estimate of drug-likeness (QED) is 0.637. The van der Waals surface area contributed by atoms with Gasteiger partial charge in [0.2, 0.25) is 15.9 Å². The molecule has 2 aromatic carbocycles. The first-order valence-corrected chi connectivity index (χ1v) is 10.5. The van der Waals surface area contributed by atoms with E-state index in [0.29, 0.717) is 18.0 Å². The molecule has 0 bridgehead atoms. The number of amides is 1. The third-order valence-electron chi connectivity index (χ3n) is 4.40. The second-order valence-corrected chi connectivity index (χ2v) is 8.33. The fourth-order valence-corrected chi connectivity index (χ4v) is 3.42. The summed E-state index contributed by atoms with van der Waals surface area (Å²) in [5, 5.41) is 8.00. The number of carbonyl (C=O) groups excluding carboxylic acids is 1. The molecule has 0 saturated heterocycles. The number of carbonyl (C=O) groups is 1. The highest BCUT2D eigenvalue weighted by Crippen LogP contribution is 2.27. The number of nitrogens with two attached hydrogens (primary N) is 1. The molecule has 0 aliphatic carbocycles. The van der Waals surface area contributed by atoms with E-state index in [1.807, 2.05) is 37.1 Å². The molecule has 0 saturated carbocycles. The first-order valence-electron chi connectivity index (χ1n) is 8.95. The van der Waals surface area contributed by atoms with E-state index in [1.165, 1.54) is 12.1 Å². The van der Waals surface area contributed by atoms with Crippen molar-refractivity contribution in [3.8, 4) is 11.5 Å². The van der Waals surface area contributed by atoms with Crippen molar-refractivity contribution < 1.29 is 22.7 Å². The van der Waals surface area contributed by atoms with Gasteiger partial charge in [-0.15, -0.1) is 0 Å². The van der Waals surface area contributed by atoms with Crippen molar-refractivity contribution in [3.63, 3.8) is 0 Å². The van der Waals surface area contributed by atoms with Crippen LogP contribution in [0.2, 0.25) is 0 Å². The Kier molecular flexibility index (Phi) is 7.60. The highest BCUT2D eigenvalue weighted by molar-refractivity contribution is 7.89. The van der Waals surface area contributed by atoms with Crippen LogP contribution in [0.4, 0.5) is 0 Å². The Hall–Kier alpha value is -2.62. The highest BCUT2D eigenvalue weighted by atomic mass is 32.2. The molecule has 2 aromatic rings. The van der Waals surface area contributed by atoms with Crippen LogP contribution < -0.4 is 19.9 Å². The van der Waals surface area contributed by atoms with Crippen molar-refractivity contribution in [3.05, 3.63) is 53.6 Å².